The molecule has 0 aliphatic carbocycles. The molecule has 2 aromatic rings. The fourth-order valence-electron chi connectivity index (χ4n) is 1.41. The van der Waals surface area contributed by atoms with Gasteiger partial charge in [-0.3, -0.25) is 5.32 Å². The molecule has 0 unspecified atom stereocenters. The van der Waals surface area contributed by atoms with E-state index in [1.807, 2.05) is 0 Å². The quantitative estimate of drug-likeness (QED) is 0.672. The molecule has 0 heterocycles. The Morgan fingerprint density at radius 2 is 1.50 bits per heavy atom. The molecule has 0 aromatic heterocycles. The molecule has 0 atom stereocenters. The average molecular weight is 285 g/mol. The molecule has 0 aliphatic heterocycles. The number of rotatable bonds is 2. The molecule has 7 heteroatoms. The number of nitrogens with one attached hydrogen (secondary N) is 1. The third kappa shape index (κ3) is 2.87. The summed E-state index contributed by atoms with van der Waals surface area (Å²) in [6, 6.07) is 7.65. The Hall–Kier alpha value is -2.57. The van der Waals surface area contributed by atoms with E-state index in [0.717, 1.165) is 0 Å². The van der Waals surface area contributed by atoms with Gasteiger partial charge in [0, 0.05) is 6.07 Å². The van der Waals surface area contributed by atoms with E-state index >= 15 is 0 Å². The van der Waals surface area contributed by atoms with Crippen molar-refractivity contribution in [3.05, 3.63) is 59.7 Å². The van der Waals surface area contributed by atoms with Crippen LogP contribution in [0.2, 0.25) is 0 Å². The van der Waals surface area contributed by atoms with Crippen molar-refractivity contribution in [2.24, 2.45) is 0 Å². The van der Waals surface area contributed by atoms with Gasteiger partial charge in [-0.2, -0.15) is 0 Å². The Bertz CT molecular complexity index is 620. The molecule has 0 bridgehead atoms. The van der Waals surface area contributed by atoms with Crippen LogP contribution in [0.15, 0.2) is 36.4 Å². The number of para-hydroxylation sites is 1. The van der Waals surface area contributed by atoms with Crippen LogP contribution >= 0.6 is 0 Å². The van der Waals surface area contributed by atoms with Crippen molar-refractivity contribution in [1.82, 2.24) is 0 Å². The van der Waals surface area contributed by atoms with E-state index in [1.165, 1.54) is 12.1 Å². The largest absolute Gasteiger partial charge is 0.417 e. The second-order valence-electron chi connectivity index (χ2n) is 3.67. The highest BCUT2D eigenvalue weighted by Gasteiger charge is 2.21. The van der Waals surface area contributed by atoms with Gasteiger partial charge in [0.1, 0.15) is 11.4 Å². The molecule has 0 saturated heterocycles. The Morgan fingerprint density at radius 1 is 0.950 bits per heavy atom. The SMILES string of the molecule is O=C(Nc1c(F)c(F)cc(F)c1F)Oc1ccccc1. The highest BCUT2D eigenvalue weighted by atomic mass is 19.2. The maximum absolute atomic E-state index is 13.3. The number of amides is 1. The van der Waals surface area contributed by atoms with Gasteiger partial charge < -0.3 is 4.74 Å². The molecule has 20 heavy (non-hydrogen) atoms. The zero-order valence-corrected chi connectivity index (χ0v) is 9.79. The van der Waals surface area contributed by atoms with E-state index in [2.05, 4.69) is 4.74 Å². The summed E-state index contributed by atoms with van der Waals surface area (Å²) in [5.74, 6) is -6.58. The molecule has 0 spiro atoms. The standard InChI is InChI=1S/C13H7F4NO2/c14-8-6-9(15)11(17)12(10(8)16)18-13(19)20-7-4-2-1-3-5-7/h1-6H,(H,18,19). The molecule has 0 saturated carbocycles. The first-order valence-corrected chi connectivity index (χ1v) is 5.36. The maximum Gasteiger partial charge on any atom is 0.417 e. The smallest absolute Gasteiger partial charge is 0.410 e. The van der Waals surface area contributed by atoms with Crippen molar-refractivity contribution < 1.29 is 27.1 Å². The minimum Gasteiger partial charge on any atom is -0.410 e. The highest BCUT2D eigenvalue weighted by molar-refractivity contribution is 5.86. The van der Waals surface area contributed by atoms with Gasteiger partial charge in [-0.05, 0) is 12.1 Å². The van der Waals surface area contributed by atoms with Gasteiger partial charge in [0.25, 0.3) is 0 Å². The second kappa shape index (κ2) is 5.60. The van der Waals surface area contributed by atoms with Gasteiger partial charge >= 0.3 is 6.09 Å². The van der Waals surface area contributed by atoms with Crippen LogP contribution in [0.4, 0.5) is 28.0 Å². The molecule has 2 rings (SSSR count). The first-order chi connectivity index (χ1) is 9.49. The summed E-state index contributed by atoms with van der Waals surface area (Å²) in [6.07, 6.45) is -1.28. The number of carbonyl (C=O) groups excluding carboxylic acids is 1. The van der Waals surface area contributed by atoms with Crippen molar-refractivity contribution >= 4 is 11.8 Å². The first-order valence-electron chi connectivity index (χ1n) is 5.36. The summed E-state index contributed by atoms with van der Waals surface area (Å²) in [5.41, 5.74) is -1.25. The Morgan fingerprint density at radius 3 is 2.05 bits per heavy atom. The summed E-state index contributed by atoms with van der Waals surface area (Å²) in [5, 5.41) is 1.62. The van der Waals surface area contributed by atoms with Crippen LogP contribution in [0.25, 0.3) is 0 Å². The topological polar surface area (TPSA) is 38.3 Å². The lowest BCUT2D eigenvalue weighted by molar-refractivity contribution is 0.215. The molecule has 3 nitrogen and oxygen atoms in total. The maximum atomic E-state index is 13.3. The van der Waals surface area contributed by atoms with E-state index in [0.29, 0.717) is 0 Å². The lowest BCUT2D eigenvalue weighted by Crippen LogP contribution is -2.19. The van der Waals surface area contributed by atoms with Crippen LogP contribution < -0.4 is 10.1 Å². The molecule has 2 aromatic carbocycles. The number of hydrogen-bond donors (Lipinski definition) is 1. The zero-order chi connectivity index (χ0) is 14.7. The van der Waals surface area contributed by atoms with Crippen molar-refractivity contribution in [3.63, 3.8) is 0 Å². The zero-order valence-electron chi connectivity index (χ0n) is 9.79. The Kier molecular flexibility index (Phi) is 3.88. The number of halogens is 4. The Balaban J connectivity index is 2.20. The van der Waals surface area contributed by atoms with E-state index in [9.17, 15) is 22.4 Å². The second-order valence-corrected chi connectivity index (χ2v) is 3.67. The van der Waals surface area contributed by atoms with Gasteiger partial charge in [0.05, 0.1) is 0 Å². The predicted octanol–water partition coefficient (Wildman–Crippen LogP) is 3.85. The fourth-order valence-corrected chi connectivity index (χ4v) is 1.41. The third-order valence-electron chi connectivity index (χ3n) is 2.29. The summed E-state index contributed by atoms with van der Waals surface area (Å²) >= 11 is 0. The van der Waals surface area contributed by atoms with E-state index in [-0.39, 0.29) is 11.8 Å². The number of ether oxygens (including phenoxy) is 1. The third-order valence-corrected chi connectivity index (χ3v) is 2.29. The van der Waals surface area contributed by atoms with Crippen molar-refractivity contribution in [1.29, 1.82) is 0 Å². The van der Waals surface area contributed by atoms with E-state index < -0.39 is 35.0 Å². The van der Waals surface area contributed by atoms with Gasteiger partial charge in [-0.1, -0.05) is 18.2 Å². The molecule has 0 radical (unpaired) electrons. The van der Waals surface area contributed by atoms with Crippen LogP contribution in [0.5, 0.6) is 5.75 Å². The van der Waals surface area contributed by atoms with Gasteiger partial charge in [-0.25, -0.2) is 22.4 Å². The van der Waals surface area contributed by atoms with Crippen LogP contribution in [0, 0.1) is 23.3 Å². The van der Waals surface area contributed by atoms with Crippen LogP contribution in [-0.4, -0.2) is 6.09 Å². The number of hydrogen-bond acceptors (Lipinski definition) is 2. The van der Waals surface area contributed by atoms with Crippen molar-refractivity contribution in [3.8, 4) is 5.75 Å². The highest BCUT2D eigenvalue weighted by Crippen LogP contribution is 2.24. The lowest BCUT2D eigenvalue weighted by Gasteiger charge is -2.09. The van der Waals surface area contributed by atoms with Crippen molar-refractivity contribution in [2.45, 2.75) is 0 Å². The fraction of sp³-hybridized carbons (Fsp3) is 0. The molecular weight excluding hydrogens is 278 g/mol. The van der Waals surface area contributed by atoms with Gasteiger partial charge in [0.15, 0.2) is 23.3 Å². The van der Waals surface area contributed by atoms with E-state index in [1.54, 1.807) is 23.5 Å². The molecule has 1 amide bonds. The van der Waals surface area contributed by atoms with Crippen molar-refractivity contribution in [2.75, 3.05) is 5.32 Å². The monoisotopic (exact) mass is 285 g/mol. The van der Waals surface area contributed by atoms with Crippen LogP contribution in [0.1, 0.15) is 0 Å². The normalized spacial score (nSPS) is 10.2. The molecule has 104 valence electrons. The first kappa shape index (κ1) is 13.9. The molecule has 0 fully saturated rings. The molecular formula is C13H7F4NO2. The van der Waals surface area contributed by atoms with E-state index in [4.69, 9.17) is 0 Å². The van der Waals surface area contributed by atoms with Crippen LogP contribution in [-0.2, 0) is 0 Å². The molecule has 0 aliphatic rings. The summed E-state index contributed by atoms with van der Waals surface area (Å²) in [6.45, 7) is 0. The number of anilines is 1. The minimum atomic E-state index is -1.71. The summed E-state index contributed by atoms with van der Waals surface area (Å²) in [4.78, 5) is 11.4. The molecule has 1 N–H and O–H groups in total. The summed E-state index contributed by atoms with van der Waals surface area (Å²) in [7, 11) is 0. The Labute approximate surface area is 110 Å². The number of benzene rings is 2. The summed E-state index contributed by atoms with van der Waals surface area (Å²) < 4.78 is 57.1. The predicted molar refractivity (Wildman–Crippen MR) is 62.4 cm³/mol. The minimum absolute atomic E-state index is 0.0401. The number of carbonyl (C=O) groups is 1. The lowest BCUT2D eigenvalue weighted by atomic mass is 10.2. The van der Waals surface area contributed by atoms with Crippen LogP contribution in [0.3, 0.4) is 0 Å². The van der Waals surface area contributed by atoms with Gasteiger partial charge in [0.2, 0.25) is 0 Å². The average Bonchev–Trinajstić information content (AvgIpc) is 2.42. The van der Waals surface area contributed by atoms with Gasteiger partial charge in [-0.15, -0.1) is 0 Å².